The SMILES string of the molecule is NNc1ccc(C(=O)NCCSC(F)(F)F)cc1. The van der Waals surface area contributed by atoms with Crippen LogP contribution in [0.25, 0.3) is 0 Å². The van der Waals surface area contributed by atoms with E-state index >= 15 is 0 Å². The van der Waals surface area contributed by atoms with E-state index in [1.807, 2.05) is 0 Å². The zero-order valence-corrected chi connectivity index (χ0v) is 10.1. The van der Waals surface area contributed by atoms with Gasteiger partial charge in [-0.2, -0.15) is 13.2 Å². The number of alkyl halides is 3. The fourth-order valence-electron chi connectivity index (χ4n) is 1.15. The van der Waals surface area contributed by atoms with E-state index in [0.717, 1.165) is 0 Å². The van der Waals surface area contributed by atoms with Gasteiger partial charge in [0.15, 0.2) is 0 Å². The van der Waals surface area contributed by atoms with Gasteiger partial charge in [-0.1, -0.05) is 0 Å². The third-order valence-corrected chi connectivity index (χ3v) is 2.70. The lowest BCUT2D eigenvalue weighted by Gasteiger charge is -2.07. The number of nitrogens with one attached hydrogen (secondary N) is 2. The van der Waals surface area contributed by atoms with Crippen molar-refractivity contribution in [3.8, 4) is 0 Å². The Kier molecular flexibility index (Phi) is 5.29. The second-order valence-electron chi connectivity index (χ2n) is 3.27. The van der Waals surface area contributed by atoms with Crippen molar-refractivity contribution in [2.24, 2.45) is 5.84 Å². The number of carbonyl (C=O) groups excluding carboxylic acids is 1. The Morgan fingerprint density at radius 1 is 1.28 bits per heavy atom. The summed E-state index contributed by atoms with van der Waals surface area (Å²) in [5.41, 5.74) is -0.858. The third kappa shape index (κ3) is 5.28. The molecule has 0 aromatic heterocycles. The van der Waals surface area contributed by atoms with Crippen LogP contribution in [0, 0.1) is 0 Å². The van der Waals surface area contributed by atoms with Crippen molar-refractivity contribution in [2.75, 3.05) is 17.7 Å². The van der Waals surface area contributed by atoms with Gasteiger partial charge in [0.1, 0.15) is 0 Å². The largest absolute Gasteiger partial charge is 0.441 e. The summed E-state index contributed by atoms with van der Waals surface area (Å²) in [6.45, 7) is -0.0418. The van der Waals surface area contributed by atoms with Crippen LogP contribution in [-0.4, -0.2) is 23.7 Å². The summed E-state index contributed by atoms with van der Waals surface area (Å²) in [6.07, 6.45) is 0. The van der Waals surface area contributed by atoms with E-state index in [1.165, 1.54) is 12.1 Å². The molecule has 0 saturated heterocycles. The molecule has 8 heteroatoms. The van der Waals surface area contributed by atoms with Crippen LogP contribution in [-0.2, 0) is 0 Å². The Balaban J connectivity index is 2.36. The number of hydrazine groups is 1. The maximum atomic E-state index is 11.8. The smallest absolute Gasteiger partial charge is 0.351 e. The highest BCUT2D eigenvalue weighted by Gasteiger charge is 2.27. The Bertz CT molecular complexity index is 394. The molecule has 1 aromatic rings. The maximum absolute atomic E-state index is 11.8. The molecule has 0 spiro atoms. The van der Waals surface area contributed by atoms with Crippen LogP contribution in [0.15, 0.2) is 24.3 Å². The van der Waals surface area contributed by atoms with Crippen molar-refractivity contribution in [2.45, 2.75) is 5.51 Å². The zero-order chi connectivity index (χ0) is 13.6. The van der Waals surface area contributed by atoms with Crippen molar-refractivity contribution in [3.63, 3.8) is 0 Å². The van der Waals surface area contributed by atoms with Gasteiger partial charge in [-0.05, 0) is 36.0 Å². The first-order chi connectivity index (χ1) is 8.42. The summed E-state index contributed by atoms with van der Waals surface area (Å²) in [5.74, 6) is 4.53. The van der Waals surface area contributed by atoms with Gasteiger partial charge in [0.2, 0.25) is 0 Å². The standard InChI is InChI=1S/C10H12F3N3OS/c11-10(12,13)18-6-5-15-9(17)7-1-3-8(16-14)4-2-7/h1-4,16H,5-6,14H2,(H,15,17). The minimum Gasteiger partial charge on any atom is -0.351 e. The van der Waals surface area contributed by atoms with Crippen LogP contribution in [0.5, 0.6) is 0 Å². The predicted octanol–water partition coefficient (Wildman–Crippen LogP) is 1.96. The second kappa shape index (κ2) is 6.50. The molecule has 0 heterocycles. The Morgan fingerprint density at radius 2 is 1.89 bits per heavy atom. The lowest BCUT2D eigenvalue weighted by atomic mass is 10.2. The van der Waals surface area contributed by atoms with Gasteiger partial charge in [-0.3, -0.25) is 10.6 Å². The van der Waals surface area contributed by atoms with E-state index in [-0.39, 0.29) is 24.1 Å². The number of amides is 1. The number of nitrogen functional groups attached to an aromatic ring is 1. The van der Waals surface area contributed by atoms with Gasteiger partial charge in [0.05, 0.1) is 0 Å². The van der Waals surface area contributed by atoms with Gasteiger partial charge in [0.25, 0.3) is 5.91 Å². The quantitative estimate of drug-likeness (QED) is 0.438. The van der Waals surface area contributed by atoms with E-state index < -0.39 is 11.4 Å². The normalized spacial score (nSPS) is 11.1. The summed E-state index contributed by atoms with van der Waals surface area (Å²) in [5, 5.41) is 2.40. The van der Waals surface area contributed by atoms with E-state index in [9.17, 15) is 18.0 Å². The van der Waals surface area contributed by atoms with Gasteiger partial charge < -0.3 is 10.7 Å². The molecule has 18 heavy (non-hydrogen) atoms. The first kappa shape index (κ1) is 14.7. The van der Waals surface area contributed by atoms with Crippen LogP contribution in [0.1, 0.15) is 10.4 Å². The molecule has 100 valence electrons. The fraction of sp³-hybridized carbons (Fsp3) is 0.300. The summed E-state index contributed by atoms with van der Waals surface area (Å²) in [4.78, 5) is 11.5. The van der Waals surface area contributed by atoms with Crippen LogP contribution in [0.3, 0.4) is 0 Å². The number of hydrogen-bond acceptors (Lipinski definition) is 4. The van der Waals surface area contributed by atoms with Crippen LogP contribution in [0.2, 0.25) is 0 Å². The highest BCUT2D eigenvalue weighted by molar-refractivity contribution is 8.00. The number of rotatable bonds is 5. The molecule has 1 aromatic carbocycles. The Labute approximate surface area is 106 Å². The molecule has 0 aliphatic heterocycles. The number of nitrogens with two attached hydrogens (primary N) is 1. The van der Waals surface area contributed by atoms with Crippen molar-refractivity contribution in [1.29, 1.82) is 0 Å². The molecule has 0 saturated carbocycles. The number of hydrogen-bond donors (Lipinski definition) is 3. The van der Waals surface area contributed by atoms with E-state index in [4.69, 9.17) is 5.84 Å². The average molecular weight is 279 g/mol. The molecule has 0 radical (unpaired) electrons. The van der Waals surface area contributed by atoms with Gasteiger partial charge in [0, 0.05) is 23.5 Å². The molecule has 0 fully saturated rings. The van der Waals surface area contributed by atoms with Gasteiger partial charge in [-0.25, -0.2) is 0 Å². The molecule has 4 N–H and O–H groups in total. The minimum absolute atomic E-state index is 0.0418. The summed E-state index contributed by atoms with van der Waals surface area (Å²) >= 11 is -0.164. The van der Waals surface area contributed by atoms with E-state index in [1.54, 1.807) is 12.1 Å². The van der Waals surface area contributed by atoms with E-state index in [0.29, 0.717) is 11.3 Å². The topological polar surface area (TPSA) is 67.1 Å². The molecule has 0 bridgehead atoms. The first-order valence-corrected chi connectivity index (χ1v) is 5.96. The van der Waals surface area contributed by atoms with Crippen molar-refractivity contribution in [3.05, 3.63) is 29.8 Å². The number of anilines is 1. The molecular weight excluding hydrogens is 267 g/mol. The van der Waals surface area contributed by atoms with Crippen LogP contribution in [0.4, 0.5) is 18.9 Å². The van der Waals surface area contributed by atoms with Gasteiger partial charge >= 0.3 is 5.51 Å². The average Bonchev–Trinajstić information content (AvgIpc) is 2.33. The first-order valence-electron chi connectivity index (χ1n) is 4.98. The minimum atomic E-state index is -4.26. The number of carbonyl (C=O) groups is 1. The second-order valence-corrected chi connectivity index (χ2v) is 4.43. The lowest BCUT2D eigenvalue weighted by molar-refractivity contribution is -0.0327. The van der Waals surface area contributed by atoms with Gasteiger partial charge in [-0.15, -0.1) is 0 Å². The molecule has 0 unspecified atom stereocenters. The number of halogens is 3. The summed E-state index contributed by atoms with van der Waals surface area (Å²) in [6, 6.07) is 6.25. The lowest BCUT2D eigenvalue weighted by Crippen LogP contribution is -2.26. The monoisotopic (exact) mass is 279 g/mol. The molecular formula is C10H12F3N3OS. The molecule has 1 amide bonds. The summed E-state index contributed by atoms with van der Waals surface area (Å²) in [7, 11) is 0. The fourth-order valence-corrected chi connectivity index (χ4v) is 1.59. The van der Waals surface area contributed by atoms with E-state index in [2.05, 4.69) is 10.7 Å². The molecule has 1 rings (SSSR count). The number of benzene rings is 1. The van der Waals surface area contributed by atoms with Crippen molar-refractivity contribution in [1.82, 2.24) is 5.32 Å². The molecule has 0 atom stereocenters. The molecule has 0 aliphatic carbocycles. The summed E-state index contributed by atoms with van der Waals surface area (Å²) < 4.78 is 35.5. The van der Waals surface area contributed by atoms with Crippen molar-refractivity contribution < 1.29 is 18.0 Å². The van der Waals surface area contributed by atoms with Crippen LogP contribution >= 0.6 is 11.8 Å². The molecule has 4 nitrogen and oxygen atoms in total. The predicted molar refractivity (Wildman–Crippen MR) is 65.1 cm³/mol. The number of thioether (sulfide) groups is 1. The molecule has 0 aliphatic rings. The third-order valence-electron chi connectivity index (χ3n) is 1.97. The zero-order valence-electron chi connectivity index (χ0n) is 9.25. The Morgan fingerprint density at radius 3 is 2.39 bits per heavy atom. The highest BCUT2D eigenvalue weighted by atomic mass is 32.2. The van der Waals surface area contributed by atoms with Crippen molar-refractivity contribution >= 4 is 23.4 Å². The Hall–Kier alpha value is -1.41. The highest BCUT2D eigenvalue weighted by Crippen LogP contribution is 2.29. The van der Waals surface area contributed by atoms with Crippen LogP contribution < -0.4 is 16.6 Å². The maximum Gasteiger partial charge on any atom is 0.441 e.